The van der Waals surface area contributed by atoms with E-state index in [1.807, 2.05) is 0 Å². The number of hydrazone groups is 1. The lowest BCUT2D eigenvalue weighted by atomic mass is 10.2. The van der Waals surface area contributed by atoms with Crippen LogP contribution < -0.4 is 21.0 Å². The van der Waals surface area contributed by atoms with E-state index in [9.17, 15) is 10.1 Å². The summed E-state index contributed by atoms with van der Waals surface area (Å²) in [5.74, 6) is 0.403. The van der Waals surface area contributed by atoms with Crippen LogP contribution in [-0.4, -0.2) is 24.3 Å². The Balaban J connectivity index is 2.61. The molecule has 8 nitrogen and oxygen atoms in total. The SMILES string of the molecule is COc1ccc(/C=[NH+]/N=C(N)N[N+](=O)[O-])cc1. The molecule has 0 fully saturated rings. The molecule has 0 bridgehead atoms. The van der Waals surface area contributed by atoms with Crippen molar-refractivity contribution < 1.29 is 14.9 Å². The second-order valence-electron chi connectivity index (χ2n) is 2.91. The summed E-state index contributed by atoms with van der Waals surface area (Å²) in [6.45, 7) is 0. The van der Waals surface area contributed by atoms with Crippen molar-refractivity contribution in [3.05, 3.63) is 39.9 Å². The maximum atomic E-state index is 10.00. The number of nitro groups is 1. The van der Waals surface area contributed by atoms with Crippen LogP contribution in [0.4, 0.5) is 0 Å². The number of nitrogens with one attached hydrogen (secondary N) is 2. The molecule has 0 spiro atoms. The number of hydrogen-bond acceptors (Lipinski definition) is 4. The van der Waals surface area contributed by atoms with Crippen molar-refractivity contribution in [3.63, 3.8) is 0 Å². The summed E-state index contributed by atoms with van der Waals surface area (Å²) in [5, 5.41) is 15.2. The molecule has 4 N–H and O–H groups in total. The fourth-order valence-corrected chi connectivity index (χ4v) is 0.995. The van der Waals surface area contributed by atoms with E-state index in [0.717, 1.165) is 11.3 Å². The maximum Gasteiger partial charge on any atom is 0.319 e. The highest BCUT2D eigenvalue weighted by Gasteiger charge is 2.00. The number of methoxy groups -OCH3 is 1. The van der Waals surface area contributed by atoms with Gasteiger partial charge in [0.05, 0.1) is 7.11 Å². The smallest absolute Gasteiger partial charge is 0.319 e. The molecule has 1 aromatic carbocycles. The zero-order chi connectivity index (χ0) is 12.7. The van der Waals surface area contributed by atoms with Crippen LogP contribution in [-0.2, 0) is 0 Å². The molecule has 17 heavy (non-hydrogen) atoms. The maximum absolute atomic E-state index is 10.00. The average molecular weight is 238 g/mol. The van der Waals surface area contributed by atoms with Gasteiger partial charge in [0.1, 0.15) is 5.75 Å². The van der Waals surface area contributed by atoms with Crippen LogP contribution in [0.1, 0.15) is 5.56 Å². The van der Waals surface area contributed by atoms with Gasteiger partial charge in [0.2, 0.25) is 6.21 Å². The van der Waals surface area contributed by atoms with E-state index in [2.05, 4.69) is 10.2 Å². The summed E-state index contributed by atoms with van der Waals surface area (Å²) in [7, 11) is 1.57. The van der Waals surface area contributed by atoms with Gasteiger partial charge in [0.15, 0.2) is 5.03 Å². The summed E-state index contributed by atoms with van der Waals surface area (Å²) in [6.07, 6.45) is 1.54. The molecule has 8 heteroatoms. The first-order valence-electron chi connectivity index (χ1n) is 4.59. The predicted molar refractivity (Wildman–Crippen MR) is 60.9 cm³/mol. The molecule has 0 aliphatic carbocycles. The monoisotopic (exact) mass is 238 g/mol. The number of benzene rings is 1. The number of hydrogen-bond donors (Lipinski definition) is 3. The van der Waals surface area contributed by atoms with Crippen molar-refractivity contribution in [1.82, 2.24) is 5.43 Å². The molecule has 0 aromatic heterocycles. The molecule has 1 rings (SSSR count). The third-order valence-electron chi connectivity index (χ3n) is 1.74. The van der Waals surface area contributed by atoms with Crippen molar-refractivity contribution in [2.75, 3.05) is 7.11 Å². The normalized spacial score (nSPS) is 11.5. The van der Waals surface area contributed by atoms with Gasteiger partial charge in [-0.15, -0.1) is 5.10 Å². The third kappa shape index (κ3) is 4.60. The average Bonchev–Trinajstić information content (AvgIpc) is 2.29. The van der Waals surface area contributed by atoms with Gasteiger partial charge in [-0.1, -0.05) is 5.43 Å². The highest BCUT2D eigenvalue weighted by atomic mass is 16.7. The molecule has 0 radical (unpaired) electrons. The van der Waals surface area contributed by atoms with Crippen LogP contribution in [0.5, 0.6) is 5.75 Å². The number of hydrazine groups is 1. The van der Waals surface area contributed by atoms with Gasteiger partial charge in [-0.2, -0.15) is 0 Å². The molecule has 0 atom stereocenters. The van der Waals surface area contributed by atoms with Crippen LogP contribution in [0.2, 0.25) is 0 Å². The molecule has 90 valence electrons. The molecule has 0 heterocycles. The zero-order valence-corrected chi connectivity index (χ0v) is 9.08. The predicted octanol–water partition coefficient (Wildman–Crippen LogP) is -1.79. The molecule has 1 aromatic rings. The van der Waals surface area contributed by atoms with Crippen LogP contribution >= 0.6 is 0 Å². The van der Waals surface area contributed by atoms with Gasteiger partial charge < -0.3 is 10.5 Å². The first-order valence-corrected chi connectivity index (χ1v) is 4.59. The van der Waals surface area contributed by atoms with Crippen molar-refractivity contribution in [3.8, 4) is 5.75 Å². The van der Waals surface area contributed by atoms with E-state index < -0.39 is 5.03 Å². The van der Waals surface area contributed by atoms with Crippen LogP contribution in [0.15, 0.2) is 29.4 Å². The van der Waals surface area contributed by atoms with Crippen molar-refractivity contribution in [2.24, 2.45) is 10.8 Å². The fourth-order valence-electron chi connectivity index (χ4n) is 0.995. The van der Waals surface area contributed by atoms with E-state index in [-0.39, 0.29) is 5.96 Å². The van der Waals surface area contributed by atoms with Gasteiger partial charge in [0.25, 0.3) is 0 Å². The van der Waals surface area contributed by atoms with Crippen molar-refractivity contribution >= 4 is 12.2 Å². The van der Waals surface area contributed by atoms with Gasteiger partial charge in [-0.25, -0.2) is 10.1 Å². The third-order valence-corrected chi connectivity index (χ3v) is 1.74. The fraction of sp³-hybridized carbons (Fsp3) is 0.111. The first kappa shape index (κ1) is 12.4. The Morgan fingerprint density at radius 1 is 1.59 bits per heavy atom. The van der Waals surface area contributed by atoms with Crippen molar-refractivity contribution in [2.45, 2.75) is 0 Å². The Labute approximate surface area is 96.9 Å². The quantitative estimate of drug-likeness (QED) is 0.248. The number of nitrogens with zero attached hydrogens (tertiary/aromatic N) is 2. The lowest BCUT2D eigenvalue weighted by Crippen LogP contribution is -2.64. The Morgan fingerprint density at radius 3 is 2.76 bits per heavy atom. The number of nitrogens with two attached hydrogens (primary N) is 1. The molecule has 0 aliphatic rings. The second-order valence-corrected chi connectivity index (χ2v) is 2.91. The molecular formula is C9H12N5O3+. The molecule has 0 amide bonds. The molecule has 0 aliphatic heterocycles. The van der Waals surface area contributed by atoms with E-state index in [0.29, 0.717) is 0 Å². The van der Waals surface area contributed by atoms with E-state index in [1.165, 1.54) is 6.21 Å². The minimum absolute atomic E-state index is 0.334. The molecular weight excluding hydrogens is 226 g/mol. The Morgan fingerprint density at radius 2 is 2.24 bits per heavy atom. The lowest BCUT2D eigenvalue weighted by molar-refractivity contribution is -0.528. The molecule has 0 saturated carbocycles. The topological polar surface area (TPSA) is 117 Å². The molecule has 0 saturated heterocycles. The van der Waals surface area contributed by atoms with Gasteiger partial charge in [-0.05, 0) is 24.3 Å². The summed E-state index contributed by atoms with van der Waals surface area (Å²) in [6, 6.07) is 7.13. The van der Waals surface area contributed by atoms with Crippen LogP contribution in [0.25, 0.3) is 0 Å². The van der Waals surface area contributed by atoms with Crippen molar-refractivity contribution in [1.29, 1.82) is 0 Å². The Kier molecular flexibility index (Phi) is 4.43. The second kappa shape index (κ2) is 6.05. The molecule has 0 unspecified atom stereocenters. The summed E-state index contributed by atoms with van der Waals surface area (Å²) in [5.41, 5.74) is 7.70. The first-order chi connectivity index (χ1) is 8.11. The van der Waals surface area contributed by atoms with E-state index in [4.69, 9.17) is 10.5 Å². The van der Waals surface area contributed by atoms with Crippen LogP contribution in [0.3, 0.4) is 0 Å². The summed E-state index contributed by atoms with van der Waals surface area (Å²) < 4.78 is 4.99. The number of guanidine groups is 1. The standard InChI is InChI=1S/C9H11N5O3/c1-17-8-4-2-7(3-5-8)6-11-12-9(10)13-14(15)16/h2-6H,1H3,(H3,10,12,13)/p+1/b11-6+. The minimum atomic E-state index is -0.798. The van der Waals surface area contributed by atoms with Crippen LogP contribution in [0, 0.1) is 10.1 Å². The summed E-state index contributed by atoms with van der Waals surface area (Å²) >= 11 is 0. The number of ether oxygens (including phenoxy) is 1. The minimum Gasteiger partial charge on any atom is -0.497 e. The highest BCUT2D eigenvalue weighted by molar-refractivity contribution is 5.77. The van der Waals surface area contributed by atoms with E-state index in [1.54, 1.807) is 36.8 Å². The Bertz CT molecular complexity index is 440. The number of rotatable bonds is 4. The largest absolute Gasteiger partial charge is 0.497 e. The highest BCUT2D eigenvalue weighted by Crippen LogP contribution is 2.08. The zero-order valence-electron chi connectivity index (χ0n) is 9.08. The van der Waals surface area contributed by atoms with Gasteiger partial charge >= 0.3 is 5.96 Å². The van der Waals surface area contributed by atoms with E-state index >= 15 is 0 Å². The summed E-state index contributed by atoms with van der Waals surface area (Å²) in [4.78, 5) is 10.00. The van der Waals surface area contributed by atoms with Gasteiger partial charge in [0, 0.05) is 10.7 Å². The Hall–Kier alpha value is -2.64. The van der Waals surface area contributed by atoms with Gasteiger partial charge in [-0.3, -0.25) is 0 Å². The lowest BCUT2D eigenvalue weighted by Gasteiger charge is -1.96.